The van der Waals surface area contributed by atoms with E-state index in [1.54, 1.807) is 102 Å². The van der Waals surface area contributed by atoms with E-state index in [1.165, 1.54) is 0 Å². The van der Waals surface area contributed by atoms with Crippen LogP contribution in [0, 0.1) is 19.8 Å². The van der Waals surface area contributed by atoms with Crippen LogP contribution in [-0.2, 0) is 48.7 Å². The smallest absolute Gasteiger partial charge is 0.124 e. The van der Waals surface area contributed by atoms with Crippen LogP contribution < -0.4 is 73.3 Å². The van der Waals surface area contributed by atoms with Crippen molar-refractivity contribution in [2.24, 2.45) is 32.2 Å². The molecule has 9 aromatic heterocycles. The molecule has 17 aromatic rings. The van der Waals surface area contributed by atoms with Gasteiger partial charge in [0.25, 0.3) is 0 Å². The number of rotatable bonds is 38. The molecule has 1 unspecified atom stereocenters. The van der Waals surface area contributed by atoms with Gasteiger partial charge >= 0.3 is 0 Å². The Hall–Kier alpha value is -15.7. The summed E-state index contributed by atoms with van der Waals surface area (Å²) in [6.45, 7) is 15.4. The number of ether oxygens (including phenoxy) is 9. The molecule has 1 saturated carbocycles. The normalized spacial score (nSPS) is 14.6. The number of nitrogens with zero attached hydrogens (tertiary/aromatic N) is 23. The van der Waals surface area contributed by atoms with Crippen LogP contribution in [0.25, 0.3) is 89.2 Å². The lowest BCUT2D eigenvalue weighted by atomic mass is 9.95. The molecule has 36 nitrogen and oxygen atoms in total. The van der Waals surface area contributed by atoms with Gasteiger partial charge in [0, 0.05) is 305 Å². The summed E-state index contributed by atoms with van der Waals surface area (Å²) >= 11 is 0. The number of hydrogen-bond acceptors (Lipinski definition) is 30. The number of methoxy groups -OCH3 is 8. The van der Waals surface area contributed by atoms with Crippen LogP contribution in [0.2, 0.25) is 0 Å². The molecule has 1 aliphatic carbocycles. The quantitative estimate of drug-likeness (QED) is 0.0239. The van der Waals surface area contributed by atoms with Gasteiger partial charge < -0.3 is 77.4 Å². The summed E-state index contributed by atoms with van der Waals surface area (Å²) in [5, 5.41) is 30.1. The van der Waals surface area contributed by atoms with E-state index in [0.29, 0.717) is 30.0 Å². The zero-order valence-corrected chi connectivity index (χ0v) is 88.7. The number of benzene rings is 8. The maximum atomic E-state index is 12.2. The van der Waals surface area contributed by atoms with Gasteiger partial charge in [0.15, 0.2) is 0 Å². The number of nitrogens with one attached hydrogen (secondary N) is 2. The first-order valence-corrected chi connectivity index (χ1v) is 52.4. The van der Waals surface area contributed by atoms with E-state index in [-0.39, 0.29) is 5.25 Å². The first-order valence-electron chi connectivity index (χ1n) is 50.5. The molecule has 2 fully saturated rings. The monoisotopic (exact) mass is 2050 g/mol. The lowest BCUT2D eigenvalue weighted by molar-refractivity contribution is 0.0601. The fourth-order valence-electron chi connectivity index (χ4n) is 19.0. The van der Waals surface area contributed by atoms with Crippen LogP contribution >= 0.6 is 0 Å². The average Bonchev–Trinajstić information content (AvgIpc) is 1.11. The van der Waals surface area contributed by atoms with Gasteiger partial charge in [0.05, 0.1) is 173 Å². The van der Waals surface area contributed by atoms with Crippen LogP contribution in [0.4, 0.5) is 45.5 Å². The number of likely N-dealkylation sites (N-methyl/N-ethyl adjacent to an activating group) is 1. The van der Waals surface area contributed by atoms with Gasteiger partial charge in [-0.1, -0.05) is 12.2 Å². The zero-order chi connectivity index (χ0) is 105. The highest BCUT2D eigenvalue weighted by atomic mass is 32.2. The van der Waals surface area contributed by atoms with Crippen LogP contribution in [-0.4, -0.2) is 251 Å². The maximum absolute atomic E-state index is 12.2. The Morgan fingerprint density at radius 2 is 0.767 bits per heavy atom. The maximum Gasteiger partial charge on any atom is 0.124 e. The fraction of sp³-hybridized carbons (Fsp3) is 0.345. The SMILES string of the molecule is C=S(N)(=O)C1CCC(NCCN(c2cc(OC)cc(OC)c2)c2ccc3ncc(-c4cnn(C)c4)nc3c2)CC1.CNCCN(c1cc(OC)cc(OC)c1)c1ccc2ncc(-c3cnn(CC4CCOCC4)c3)nc2c1.COc1cc(OC)cc(N(CCCN2CC=CCC2)c2ccc3ncc(-c4cnn(C)c4)nc3c2)c1.COc1cc(OC)cc(N(CCCn2c(C)cnc2C)c2ccc3ncc(-c4cnn(C)c4)nc3c2)c1. The van der Waals surface area contributed by atoms with Gasteiger partial charge in [0.2, 0.25) is 0 Å². The van der Waals surface area contributed by atoms with Crippen molar-refractivity contribution in [2.45, 2.75) is 96.0 Å². The molecule has 8 aromatic carbocycles. The van der Waals surface area contributed by atoms with Gasteiger partial charge in [-0.2, -0.15) is 20.4 Å². The summed E-state index contributed by atoms with van der Waals surface area (Å²) < 4.78 is 71.6. The van der Waals surface area contributed by atoms with Crippen molar-refractivity contribution >= 4 is 105 Å². The molecular formula is C113H134N26O10S. The summed E-state index contributed by atoms with van der Waals surface area (Å²) in [7, 11) is 18.5. The highest BCUT2D eigenvalue weighted by Gasteiger charge is 2.28. The van der Waals surface area contributed by atoms with Gasteiger partial charge in [0.1, 0.15) is 51.8 Å². The topological polar surface area (TPSA) is 359 Å². The number of imidazole rings is 1. The second-order valence-corrected chi connectivity index (χ2v) is 39.7. The van der Waals surface area contributed by atoms with E-state index < -0.39 is 9.71 Å². The van der Waals surface area contributed by atoms with Crippen molar-refractivity contribution in [3.63, 3.8) is 0 Å². The van der Waals surface area contributed by atoms with Gasteiger partial charge in [-0.05, 0) is 163 Å². The molecular weight excluding hydrogens is 1910 g/mol. The largest absolute Gasteiger partial charge is 0.497 e. The fourth-order valence-corrected chi connectivity index (χ4v) is 20.1. The Morgan fingerprint density at radius 3 is 1.10 bits per heavy atom. The number of nitrogens with two attached hydrogens (primary N) is 1. The van der Waals surface area contributed by atoms with Crippen LogP contribution in [0.15, 0.2) is 238 Å². The first kappa shape index (κ1) is 106. The van der Waals surface area contributed by atoms with E-state index >= 15 is 0 Å². The Morgan fingerprint density at radius 1 is 0.407 bits per heavy atom. The Labute approximate surface area is 875 Å². The number of aromatic nitrogens is 18. The summed E-state index contributed by atoms with van der Waals surface area (Å²) in [4.78, 5) is 54.2. The van der Waals surface area contributed by atoms with Gasteiger partial charge in [-0.25, -0.2) is 24.9 Å². The third-order valence-corrected chi connectivity index (χ3v) is 28.9. The molecule has 782 valence electrons. The van der Waals surface area contributed by atoms with Crippen molar-refractivity contribution in [1.82, 2.24) is 104 Å². The number of aryl methyl sites for hydroxylation is 5. The van der Waals surface area contributed by atoms with E-state index in [2.05, 4.69) is 165 Å². The molecule has 150 heavy (non-hydrogen) atoms. The Bertz CT molecular complexity index is 7470. The van der Waals surface area contributed by atoms with Crippen molar-refractivity contribution in [3.8, 4) is 91.0 Å². The van der Waals surface area contributed by atoms with Crippen LogP contribution in [0.3, 0.4) is 0 Å². The predicted octanol–water partition coefficient (Wildman–Crippen LogP) is 17.9. The van der Waals surface area contributed by atoms with E-state index in [9.17, 15) is 4.21 Å². The lowest BCUT2D eigenvalue weighted by Crippen LogP contribution is -2.41. The predicted molar refractivity (Wildman–Crippen MR) is 594 cm³/mol. The molecule has 0 amide bonds. The minimum atomic E-state index is -2.48. The molecule has 2 aliphatic heterocycles. The van der Waals surface area contributed by atoms with E-state index in [1.807, 2.05) is 180 Å². The number of fused-ring (bicyclic) bond motifs is 4. The minimum Gasteiger partial charge on any atom is -0.497 e. The summed E-state index contributed by atoms with van der Waals surface area (Å²) in [5.74, 6) is 11.2. The molecule has 0 bridgehead atoms. The molecule has 0 spiro atoms. The zero-order valence-electron chi connectivity index (χ0n) is 87.9. The first-order chi connectivity index (χ1) is 73.0. The van der Waals surface area contributed by atoms with E-state index in [0.717, 1.165) is 317 Å². The number of anilines is 8. The molecule has 0 radical (unpaired) electrons. The minimum absolute atomic E-state index is 0.00145. The summed E-state index contributed by atoms with van der Waals surface area (Å²) in [6, 6.07) is 48.8. The van der Waals surface area contributed by atoms with E-state index in [4.69, 9.17) is 67.7 Å². The highest BCUT2D eigenvalue weighted by molar-refractivity contribution is 7.98. The highest BCUT2D eigenvalue weighted by Crippen LogP contribution is 2.41. The molecule has 3 aliphatic rings. The van der Waals surface area contributed by atoms with Crippen LogP contribution in [0.5, 0.6) is 46.0 Å². The molecule has 1 atom stereocenters. The third-order valence-electron chi connectivity index (χ3n) is 27.3. The second kappa shape index (κ2) is 49.9. The van der Waals surface area contributed by atoms with Crippen molar-refractivity contribution in [2.75, 3.05) is 156 Å². The third kappa shape index (κ3) is 26.9. The molecule has 1 saturated heterocycles. The summed E-state index contributed by atoms with van der Waals surface area (Å²) in [5.41, 5.74) is 22.7. The van der Waals surface area contributed by atoms with Crippen LogP contribution in [0.1, 0.15) is 69.3 Å². The van der Waals surface area contributed by atoms with Crippen molar-refractivity contribution in [3.05, 3.63) is 250 Å². The van der Waals surface area contributed by atoms with Crippen molar-refractivity contribution < 1.29 is 46.8 Å². The second-order valence-electron chi connectivity index (χ2n) is 37.5. The van der Waals surface area contributed by atoms with Gasteiger partial charge in [-0.15, -0.1) is 0 Å². The molecule has 37 heteroatoms. The Balaban J connectivity index is 0.000000136. The molecule has 4 N–H and O–H groups in total. The van der Waals surface area contributed by atoms with Gasteiger partial charge in [-0.3, -0.25) is 52.9 Å². The van der Waals surface area contributed by atoms with Crippen molar-refractivity contribution in [1.29, 1.82) is 0 Å². The number of hydrogen-bond donors (Lipinski definition) is 3. The lowest BCUT2D eigenvalue weighted by Gasteiger charge is -2.31. The molecule has 11 heterocycles. The standard InChI is InChI=1S/C29H37N7O3S.C28H31N7O2.C28H34N6O3.C28H32N6O2/c1-35-19-20(17-33-35)29-18-32-27-10-7-22(15-28(27)34-29)36(23-13-24(38-2)16-25(14-23)39-3)12-11-31-21-5-8-26(9-6-21)40(4,30)37;1-19-15-29-20(2)34(19)9-6-10-35(23-11-24(36-4)14-25(12-23)37-5)22-7-8-26-27(13-22)32-28(17-30-26)21-16-31-33(3)18-21;1-29-8-9-34(23-12-24(35-2)15-25(13-23)36-3)22-4-5-26-27(14-22)32-28(17-30-26)21-16-31-33(19-21)18-20-6-10-37-11-7-20;1-32-20-21(18-30-32)28-19-29-26-9-8-22(16-27(26)31-28)34(13-7-12-33-10-5-4-6-11-33)23-14-24(35-2)17-25(15-23)36-3/h7,10,13-19,21,26,31H,4-6,8-9,11-12H2,1-3H3,(H2,30,37);7-8,11-18H,6,9-10H2,1-5H3;4-5,12-17,19-20,29H,6-11,18H2,1-3H3;4-5,8-9,14-20H,6-7,10-13H2,1-3H3. The summed E-state index contributed by atoms with van der Waals surface area (Å²) in [6.07, 6.45) is 37.5. The molecule has 20 rings (SSSR count). The average molecular weight is 2050 g/mol. The Kier molecular flexibility index (Phi) is 35.1.